The Bertz CT molecular complexity index is 529. The summed E-state index contributed by atoms with van der Waals surface area (Å²) in [7, 11) is 0. The molecule has 0 radical (unpaired) electrons. The molecule has 0 amide bonds. The first-order valence-corrected chi connectivity index (χ1v) is 5.80. The van der Waals surface area contributed by atoms with Crippen LogP contribution >= 0.6 is 0 Å². The lowest BCUT2D eigenvalue weighted by atomic mass is 10.00. The van der Waals surface area contributed by atoms with Gasteiger partial charge in [0.1, 0.15) is 0 Å². The number of carbonyl (C=O) groups is 2. The lowest BCUT2D eigenvalue weighted by Crippen LogP contribution is -2.32. The number of carbonyl (C=O) groups excluding carboxylic acids is 2. The maximum atomic E-state index is 12.3. The molecule has 0 bridgehead atoms. The predicted molar refractivity (Wildman–Crippen MR) is 63.2 cm³/mol. The number of hydrogen-bond donors (Lipinski definition) is 0. The molecule has 1 atom stereocenters. The van der Waals surface area contributed by atoms with Crippen molar-refractivity contribution in [1.29, 1.82) is 0 Å². The molecule has 1 aliphatic rings. The van der Waals surface area contributed by atoms with Crippen LogP contribution in [0.1, 0.15) is 18.4 Å². The fourth-order valence-corrected chi connectivity index (χ4v) is 2.12. The van der Waals surface area contributed by atoms with Gasteiger partial charge in [-0.15, -0.1) is 0 Å². The lowest BCUT2D eigenvalue weighted by Gasteiger charge is -2.09. The highest BCUT2D eigenvalue weighted by molar-refractivity contribution is 6.15. The van der Waals surface area contributed by atoms with E-state index >= 15 is 0 Å². The van der Waals surface area contributed by atoms with Crippen molar-refractivity contribution in [3.63, 3.8) is 0 Å². The minimum atomic E-state index is -4.94. The number of benzene rings is 1. The van der Waals surface area contributed by atoms with Gasteiger partial charge in [-0.25, -0.2) is 0 Å². The molecular weight excluding hydrogens is 257 g/mol. The third-order valence-corrected chi connectivity index (χ3v) is 3.07. The van der Waals surface area contributed by atoms with E-state index in [1.807, 2.05) is 0 Å². The topological polar surface area (TPSA) is 34.1 Å². The molecule has 2 rings (SSSR count). The molecule has 0 aliphatic heterocycles. The molecule has 0 N–H and O–H groups in total. The van der Waals surface area contributed by atoms with E-state index in [2.05, 4.69) is 0 Å². The number of halogens is 3. The van der Waals surface area contributed by atoms with E-state index in [1.54, 1.807) is 36.4 Å². The summed E-state index contributed by atoms with van der Waals surface area (Å²) >= 11 is 0. The van der Waals surface area contributed by atoms with Crippen LogP contribution in [0.2, 0.25) is 0 Å². The second-order valence-corrected chi connectivity index (χ2v) is 4.40. The summed E-state index contributed by atoms with van der Waals surface area (Å²) in [6, 6.07) is 8.83. The van der Waals surface area contributed by atoms with Crippen LogP contribution in [0.5, 0.6) is 0 Å². The van der Waals surface area contributed by atoms with Gasteiger partial charge in [0.2, 0.25) is 5.78 Å². The molecule has 1 unspecified atom stereocenters. The third kappa shape index (κ3) is 2.92. The Morgan fingerprint density at radius 1 is 1.21 bits per heavy atom. The van der Waals surface area contributed by atoms with Crippen molar-refractivity contribution in [3.8, 4) is 0 Å². The smallest absolute Gasteiger partial charge is 0.294 e. The fraction of sp³-hybridized carbons (Fsp3) is 0.286. The van der Waals surface area contributed by atoms with Gasteiger partial charge >= 0.3 is 6.18 Å². The molecule has 100 valence electrons. The highest BCUT2D eigenvalue weighted by Crippen LogP contribution is 2.33. The van der Waals surface area contributed by atoms with E-state index in [0.717, 1.165) is 5.56 Å². The van der Waals surface area contributed by atoms with Gasteiger partial charge < -0.3 is 0 Å². The van der Waals surface area contributed by atoms with Gasteiger partial charge in [-0.2, -0.15) is 13.2 Å². The van der Waals surface area contributed by atoms with Crippen molar-refractivity contribution < 1.29 is 22.8 Å². The zero-order chi connectivity index (χ0) is 14.0. The molecule has 0 saturated heterocycles. The van der Waals surface area contributed by atoms with Gasteiger partial charge in [-0.1, -0.05) is 30.3 Å². The minimum absolute atomic E-state index is 0.0597. The quantitative estimate of drug-likeness (QED) is 0.609. The molecule has 0 heterocycles. The Balaban J connectivity index is 2.19. The standard InChI is InChI=1S/C14H11F3O2/c15-14(16,17)13(19)11-7-6-10(12(11)18)8-9-4-2-1-3-5-9/h1-5,8,11H,6-7H2. The highest BCUT2D eigenvalue weighted by Gasteiger charge is 2.48. The third-order valence-electron chi connectivity index (χ3n) is 3.07. The van der Waals surface area contributed by atoms with Crippen molar-refractivity contribution in [1.82, 2.24) is 0 Å². The summed E-state index contributed by atoms with van der Waals surface area (Å²) in [5.41, 5.74) is 1.03. The number of allylic oxidation sites excluding steroid dienone is 1. The van der Waals surface area contributed by atoms with E-state index in [-0.39, 0.29) is 18.4 Å². The number of Topliss-reactive ketones (excluding diaryl/α,β-unsaturated/α-hetero) is 2. The molecule has 1 aromatic carbocycles. The van der Waals surface area contributed by atoms with E-state index < -0.39 is 23.7 Å². The second kappa shape index (κ2) is 4.99. The molecule has 0 spiro atoms. The average Bonchev–Trinajstić information content (AvgIpc) is 2.70. The van der Waals surface area contributed by atoms with Crippen molar-refractivity contribution in [3.05, 3.63) is 41.5 Å². The van der Waals surface area contributed by atoms with Gasteiger partial charge in [-0.3, -0.25) is 9.59 Å². The zero-order valence-corrected chi connectivity index (χ0v) is 9.91. The van der Waals surface area contributed by atoms with Crippen molar-refractivity contribution in [2.24, 2.45) is 5.92 Å². The average molecular weight is 268 g/mol. The van der Waals surface area contributed by atoms with Crippen LogP contribution < -0.4 is 0 Å². The van der Waals surface area contributed by atoms with Crippen LogP contribution in [0.25, 0.3) is 6.08 Å². The molecule has 0 aromatic heterocycles. The van der Waals surface area contributed by atoms with Gasteiger partial charge in [0, 0.05) is 0 Å². The monoisotopic (exact) mass is 268 g/mol. The SMILES string of the molecule is O=C1C(=Cc2ccccc2)CCC1C(=O)C(F)(F)F. The molecule has 19 heavy (non-hydrogen) atoms. The Labute approximate surface area is 107 Å². The van der Waals surface area contributed by atoms with Crippen LogP contribution in [-0.4, -0.2) is 17.7 Å². The highest BCUT2D eigenvalue weighted by atomic mass is 19.4. The van der Waals surface area contributed by atoms with E-state index in [9.17, 15) is 22.8 Å². The second-order valence-electron chi connectivity index (χ2n) is 4.40. The number of hydrogen-bond acceptors (Lipinski definition) is 2. The number of ketones is 2. The van der Waals surface area contributed by atoms with E-state index in [4.69, 9.17) is 0 Å². The fourth-order valence-electron chi connectivity index (χ4n) is 2.12. The van der Waals surface area contributed by atoms with Gasteiger partial charge in [0.25, 0.3) is 0 Å². The first kappa shape index (κ1) is 13.5. The number of rotatable bonds is 2. The largest absolute Gasteiger partial charge is 0.450 e. The van der Waals surface area contributed by atoms with Crippen LogP contribution in [0.15, 0.2) is 35.9 Å². The first-order chi connectivity index (χ1) is 8.89. The normalized spacial score (nSPS) is 21.9. The Morgan fingerprint density at radius 2 is 1.84 bits per heavy atom. The van der Waals surface area contributed by atoms with Crippen molar-refractivity contribution in [2.75, 3.05) is 0 Å². The van der Waals surface area contributed by atoms with Crippen molar-refractivity contribution in [2.45, 2.75) is 19.0 Å². The lowest BCUT2D eigenvalue weighted by molar-refractivity contribution is -0.176. The van der Waals surface area contributed by atoms with Gasteiger partial charge in [0.05, 0.1) is 5.92 Å². The maximum Gasteiger partial charge on any atom is 0.450 e. The molecule has 2 nitrogen and oxygen atoms in total. The molecule has 1 fully saturated rings. The zero-order valence-electron chi connectivity index (χ0n) is 9.91. The molecule has 1 saturated carbocycles. The number of alkyl halides is 3. The van der Waals surface area contributed by atoms with Crippen LogP contribution in [-0.2, 0) is 9.59 Å². The van der Waals surface area contributed by atoms with Crippen LogP contribution in [0.4, 0.5) is 13.2 Å². The maximum absolute atomic E-state index is 12.3. The summed E-state index contributed by atoms with van der Waals surface area (Å²) in [5, 5.41) is 0. The Hall–Kier alpha value is -1.91. The summed E-state index contributed by atoms with van der Waals surface area (Å²) in [6.07, 6.45) is -3.25. The van der Waals surface area contributed by atoms with Gasteiger partial charge in [-0.05, 0) is 30.1 Å². The summed E-state index contributed by atoms with van der Waals surface area (Å²) in [6.45, 7) is 0. The summed E-state index contributed by atoms with van der Waals surface area (Å²) in [5.74, 6) is -4.20. The summed E-state index contributed by atoms with van der Waals surface area (Å²) < 4.78 is 36.9. The van der Waals surface area contributed by atoms with Crippen LogP contribution in [0.3, 0.4) is 0 Å². The van der Waals surface area contributed by atoms with Gasteiger partial charge in [0.15, 0.2) is 5.78 Å². The predicted octanol–water partition coefficient (Wildman–Crippen LogP) is 3.18. The van der Waals surface area contributed by atoms with E-state index in [0.29, 0.717) is 0 Å². The molecular formula is C14H11F3O2. The van der Waals surface area contributed by atoms with E-state index in [1.165, 1.54) is 0 Å². The molecule has 1 aromatic rings. The molecule has 5 heteroatoms. The first-order valence-electron chi connectivity index (χ1n) is 5.80. The molecule has 1 aliphatic carbocycles. The minimum Gasteiger partial charge on any atom is -0.294 e. The summed E-state index contributed by atoms with van der Waals surface area (Å²) in [4.78, 5) is 22.9. The van der Waals surface area contributed by atoms with Crippen molar-refractivity contribution >= 4 is 17.6 Å². The Kier molecular flexibility index (Phi) is 3.55. The van der Waals surface area contributed by atoms with Crippen LogP contribution in [0, 0.1) is 5.92 Å². The Morgan fingerprint density at radius 3 is 2.42 bits per heavy atom.